The number of halogens is 1. The summed E-state index contributed by atoms with van der Waals surface area (Å²) in [7, 11) is 0. The lowest BCUT2D eigenvalue weighted by molar-refractivity contribution is 0.0973. The van der Waals surface area contributed by atoms with Crippen molar-refractivity contribution in [3.05, 3.63) is 69.3 Å². The smallest absolute Gasteiger partial charge is 0.163 e. The molecular weight excluding hydrogens is 347 g/mol. The molecule has 0 aliphatic carbocycles. The van der Waals surface area contributed by atoms with Gasteiger partial charge in [0.05, 0.1) is 0 Å². The lowest BCUT2D eigenvalue weighted by Gasteiger charge is -2.14. The van der Waals surface area contributed by atoms with E-state index < -0.39 is 0 Å². The van der Waals surface area contributed by atoms with Crippen molar-refractivity contribution in [2.75, 3.05) is 0 Å². The standard InChI is InChI=1S/C17H17IO/c1-2-13(14-6-4-3-5-7-14)12-17(19)15-8-10-16(18)11-9-15/h3-11,13H,2,12H2,1H3. The summed E-state index contributed by atoms with van der Waals surface area (Å²) in [4.78, 5) is 12.3. The first kappa shape index (κ1) is 14.3. The predicted octanol–water partition coefficient (Wildman–Crippen LogP) is 5.06. The average molecular weight is 364 g/mol. The predicted molar refractivity (Wildman–Crippen MR) is 87.6 cm³/mol. The summed E-state index contributed by atoms with van der Waals surface area (Å²) in [6.07, 6.45) is 1.57. The fourth-order valence-electron chi connectivity index (χ4n) is 2.20. The Hall–Kier alpha value is -1.16. The first-order chi connectivity index (χ1) is 9.20. The maximum Gasteiger partial charge on any atom is 0.163 e. The van der Waals surface area contributed by atoms with Crippen molar-refractivity contribution in [2.24, 2.45) is 0 Å². The van der Waals surface area contributed by atoms with Gasteiger partial charge in [-0.2, -0.15) is 0 Å². The van der Waals surface area contributed by atoms with Gasteiger partial charge >= 0.3 is 0 Å². The maximum absolute atomic E-state index is 12.3. The Morgan fingerprint density at radius 1 is 1.05 bits per heavy atom. The van der Waals surface area contributed by atoms with Crippen molar-refractivity contribution in [3.63, 3.8) is 0 Å². The van der Waals surface area contributed by atoms with E-state index in [2.05, 4.69) is 41.6 Å². The molecule has 0 saturated heterocycles. The Morgan fingerprint density at radius 3 is 2.26 bits per heavy atom. The fourth-order valence-corrected chi connectivity index (χ4v) is 2.56. The van der Waals surface area contributed by atoms with Gasteiger partial charge < -0.3 is 0 Å². The molecule has 0 heterocycles. The van der Waals surface area contributed by atoms with E-state index in [0.29, 0.717) is 12.3 Å². The van der Waals surface area contributed by atoms with Gasteiger partial charge in [0.25, 0.3) is 0 Å². The van der Waals surface area contributed by atoms with Crippen molar-refractivity contribution < 1.29 is 4.79 Å². The van der Waals surface area contributed by atoms with Gasteiger partial charge in [-0.3, -0.25) is 4.79 Å². The number of benzene rings is 2. The Morgan fingerprint density at radius 2 is 1.68 bits per heavy atom. The van der Waals surface area contributed by atoms with E-state index in [4.69, 9.17) is 0 Å². The molecule has 0 N–H and O–H groups in total. The molecule has 0 spiro atoms. The second-order valence-electron chi connectivity index (χ2n) is 4.65. The van der Waals surface area contributed by atoms with Crippen molar-refractivity contribution in [2.45, 2.75) is 25.7 Å². The van der Waals surface area contributed by atoms with Gasteiger partial charge in [0, 0.05) is 15.6 Å². The van der Waals surface area contributed by atoms with Crippen LogP contribution >= 0.6 is 22.6 Å². The molecule has 0 bridgehead atoms. The Kier molecular flexibility index (Phi) is 5.14. The van der Waals surface area contributed by atoms with Crippen molar-refractivity contribution in [1.82, 2.24) is 0 Å². The van der Waals surface area contributed by atoms with E-state index in [0.717, 1.165) is 15.6 Å². The molecule has 98 valence electrons. The van der Waals surface area contributed by atoms with Crippen LogP contribution in [0.4, 0.5) is 0 Å². The molecule has 1 unspecified atom stereocenters. The number of carbonyl (C=O) groups excluding carboxylic acids is 1. The molecule has 0 aliphatic rings. The second-order valence-corrected chi connectivity index (χ2v) is 5.90. The van der Waals surface area contributed by atoms with Gasteiger partial charge in [-0.1, -0.05) is 49.4 Å². The van der Waals surface area contributed by atoms with Gasteiger partial charge in [-0.15, -0.1) is 0 Å². The third-order valence-electron chi connectivity index (χ3n) is 3.36. The SMILES string of the molecule is CCC(CC(=O)c1ccc(I)cc1)c1ccccc1. The van der Waals surface area contributed by atoms with Crippen LogP contribution in [-0.4, -0.2) is 5.78 Å². The van der Waals surface area contributed by atoms with Gasteiger partial charge in [0.2, 0.25) is 0 Å². The fraction of sp³-hybridized carbons (Fsp3) is 0.235. The first-order valence-electron chi connectivity index (χ1n) is 6.54. The molecule has 1 atom stereocenters. The zero-order chi connectivity index (χ0) is 13.7. The largest absolute Gasteiger partial charge is 0.294 e. The molecule has 0 aromatic heterocycles. The van der Waals surface area contributed by atoms with Crippen LogP contribution in [0.3, 0.4) is 0 Å². The highest BCUT2D eigenvalue weighted by atomic mass is 127. The summed E-state index contributed by atoms with van der Waals surface area (Å²) in [5.74, 6) is 0.542. The zero-order valence-electron chi connectivity index (χ0n) is 11.0. The summed E-state index contributed by atoms with van der Waals surface area (Å²) < 4.78 is 1.16. The molecule has 0 aliphatic heterocycles. The Labute approximate surface area is 128 Å². The molecule has 2 aromatic carbocycles. The normalized spacial score (nSPS) is 12.1. The monoisotopic (exact) mass is 364 g/mol. The number of rotatable bonds is 5. The van der Waals surface area contributed by atoms with Crippen LogP contribution in [0, 0.1) is 3.57 Å². The van der Waals surface area contributed by atoms with Gasteiger partial charge in [0.1, 0.15) is 0 Å². The third-order valence-corrected chi connectivity index (χ3v) is 4.08. The van der Waals surface area contributed by atoms with Crippen LogP contribution in [0.15, 0.2) is 54.6 Å². The van der Waals surface area contributed by atoms with Crippen LogP contribution in [0.1, 0.15) is 41.6 Å². The Balaban J connectivity index is 2.10. The minimum atomic E-state index is 0.229. The van der Waals surface area contributed by atoms with Gasteiger partial charge in [0.15, 0.2) is 5.78 Å². The van der Waals surface area contributed by atoms with Crippen LogP contribution < -0.4 is 0 Å². The summed E-state index contributed by atoms with van der Waals surface area (Å²) in [5.41, 5.74) is 2.07. The summed E-state index contributed by atoms with van der Waals surface area (Å²) in [6.45, 7) is 2.14. The molecule has 19 heavy (non-hydrogen) atoms. The van der Waals surface area contributed by atoms with Gasteiger partial charge in [-0.25, -0.2) is 0 Å². The maximum atomic E-state index is 12.3. The molecular formula is C17H17IO. The van der Waals surface area contributed by atoms with Crippen LogP contribution in [-0.2, 0) is 0 Å². The molecule has 0 saturated carbocycles. The van der Waals surface area contributed by atoms with Crippen molar-refractivity contribution in [1.29, 1.82) is 0 Å². The number of hydrogen-bond donors (Lipinski definition) is 0. The zero-order valence-corrected chi connectivity index (χ0v) is 13.1. The summed E-state index contributed by atoms with van der Waals surface area (Å²) in [5, 5.41) is 0. The number of carbonyl (C=O) groups is 1. The van der Waals surface area contributed by atoms with Crippen molar-refractivity contribution >= 4 is 28.4 Å². The third kappa shape index (κ3) is 3.90. The molecule has 2 heteroatoms. The quantitative estimate of drug-likeness (QED) is 0.536. The molecule has 0 amide bonds. The van der Waals surface area contributed by atoms with E-state index in [1.54, 1.807) is 0 Å². The lowest BCUT2D eigenvalue weighted by Crippen LogP contribution is -2.07. The summed E-state index contributed by atoms with van der Waals surface area (Å²) >= 11 is 2.25. The van der Waals surface area contributed by atoms with Crippen molar-refractivity contribution in [3.8, 4) is 0 Å². The second kappa shape index (κ2) is 6.85. The van der Waals surface area contributed by atoms with E-state index in [9.17, 15) is 4.79 Å². The summed E-state index contributed by atoms with van der Waals surface area (Å²) in [6, 6.07) is 18.1. The van der Waals surface area contributed by atoms with E-state index >= 15 is 0 Å². The van der Waals surface area contributed by atoms with Crippen LogP contribution in [0.5, 0.6) is 0 Å². The number of Topliss-reactive ketones (excluding diaryl/α,β-unsaturated/α-hetero) is 1. The average Bonchev–Trinajstić information content (AvgIpc) is 2.46. The van der Waals surface area contributed by atoms with Crippen LogP contribution in [0.2, 0.25) is 0 Å². The topological polar surface area (TPSA) is 17.1 Å². The number of hydrogen-bond acceptors (Lipinski definition) is 1. The van der Waals surface area contributed by atoms with E-state index in [1.165, 1.54) is 5.56 Å². The minimum absolute atomic E-state index is 0.229. The molecule has 1 nitrogen and oxygen atoms in total. The number of ketones is 1. The van der Waals surface area contributed by atoms with Crippen LogP contribution in [0.25, 0.3) is 0 Å². The van der Waals surface area contributed by atoms with Gasteiger partial charge in [-0.05, 0) is 52.6 Å². The van der Waals surface area contributed by atoms with E-state index in [1.807, 2.05) is 42.5 Å². The highest BCUT2D eigenvalue weighted by Crippen LogP contribution is 2.25. The molecule has 2 aromatic rings. The highest BCUT2D eigenvalue weighted by molar-refractivity contribution is 14.1. The molecule has 0 radical (unpaired) electrons. The minimum Gasteiger partial charge on any atom is -0.294 e. The first-order valence-corrected chi connectivity index (χ1v) is 7.62. The van der Waals surface area contributed by atoms with E-state index in [-0.39, 0.29) is 5.78 Å². The Bertz CT molecular complexity index is 531. The molecule has 2 rings (SSSR count). The highest BCUT2D eigenvalue weighted by Gasteiger charge is 2.15. The lowest BCUT2D eigenvalue weighted by atomic mass is 9.90. The molecule has 0 fully saturated rings.